The maximum atomic E-state index is 12.0. The third-order valence-electron chi connectivity index (χ3n) is 5.06. The summed E-state index contributed by atoms with van der Waals surface area (Å²) < 4.78 is 0.120. The molecule has 1 amide bonds. The molecular formula is C23H40BN2O2S3. The molecule has 175 valence electrons. The standard InChI is InChI=1S/C23H40BN2O2S3/c1-3-4-5-6-7-8-9-10-11-12-18-30-22(29)31-23(2,19-25)15-14-21(28)26-17-13-16-24-20-27/h20H,3-18H2,1-2H3,(H,26,28). The first-order valence-corrected chi connectivity index (χ1v) is 14.0. The number of carbonyl (C=O) groups excluding carboxylic acids is 2. The molecule has 31 heavy (non-hydrogen) atoms. The van der Waals surface area contributed by atoms with E-state index in [0.717, 1.165) is 28.3 Å². The smallest absolute Gasteiger partial charge is 0.220 e. The Morgan fingerprint density at radius 3 is 2.29 bits per heavy atom. The molecule has 0 rings (SSSR count). The highest BCUT2D eigenvalue weighted by Crippen LogP contribution is 2.34. The van der Waals surface area contributed by atoms with Crippen LogP contribution in [0.3, 0.4) is 0 Å². The zero-order valence-electron chi connectivity index (χ0n) is 19.5. The van der Waals surface area contributed by atoms with Gasteiger partial charge in [-0.15, -0.1) is 11.8 Å². The molecule has 0 aromatic carbocycles. The Morgan fingerprint density at radius 2 is 1.71 bits per heavy atom. The predicted molar refractivity (Wildman–Crippen MR) is 143 cm³/mol. The van der Waals surface area contributed by atoms with Crippen molar-refractivity contribution in [1.29, 1.82) is 5.26 Å². The van der Waals surface area contributed by atoms with Gasteiger partial charge in [0.1, 0.15) is 8.28 Å². The van der Waals surface area contributed by atoms with Gasteiger partial charge in [-0.2, -0.15) is 5.26 Å². The van der Waals surface area contributed by atoms with Crippen molar-refractivity contribution >= 4 is 58.6 Å². The van der Waals surface area contributed by atoms with Crippen LogP contribution >= 0.6 is 35.7 Å². The lowest BCUT2D eigenvalue weighted by molar-refractivity contribution is -0.121. The zero-order valence-corrected chi connectivity index (χ0v) is 21.9. The van der Waals surface area contributed by atoms with Crippen molar-refractivity contribution in [2.75, 3.05) is 12.3 Å². The first-order chi connectivity index (χ1) is 15.0. The van der Waals surface area contributed by atoms with Gasteiger partial charge in [0.25, 0.3) is 0 Å². The van der Waals surface area contributed by atoms with Crippen molar-refractivity contribution in [3.05, 3.63) is 0 Å². The highest BCUT2D eigenvalue weighted by Gasteiger charge is 2.27. The minimum absolute atomic E-state index is 0.0582. The van der Waals surface area contributed by atoms with Crippen molar-refractivity contribution in [1.82, 2.24) is 5.32 Å². The molecule has 1 atom stereocenters. The summed E-state index contributed by atoms with van der Waals surface area (Å²) in [6.07, 6.45) is 16.2. The van der Waals surface area contributed by atoms with Crippen molar-refractivity contribution in [2.24, 2.45) is 0 Å². The second kappa shape index (κ2) is 21.3. The number of rotatable bonds is 20. The van der Waals surface area contributed by atoms with Crippen LogP contribution in [0.5, 0.6) is 0 Å². The molecule has 0 heterocycles. The summed E-state index contributed by atoms with van der Waals surface area (Å²) in [7, 11) is 1.55. The Balaban J connectivity index is 3.81. The van der Waals surface area contributed by atoms with E-state index in [-0.39, 0.29) is 5.91 Å². The quantitative estimate of drug-likeness (QED) is 0.0918. The molecular weight excluding hydrogens is 443 g/mol. The Hall–Kier alpha value is -0.515. The lowest BCUT2D eigenvalue weighted by Crippen LogP contribution is -2.28. The van der Waals surface area contributed by atoms with Crippen molar-refractivity contribution in [3.63, 3.8) is 0 Å². The number of nitrogens with one attached hydrogen (secondary N) is 1. The Kier molecular flexibility index (Phi) is 21.0. The second-order valence-electron chi connectivity index (χ2n) is 8.09. The number of hydrogen-bond donors (Lipinski definition) is 1. The largest absolute Gasteiger partial charge is 0.356 e. The summed E-state index contributed by atoms with van der Waals surface area (Å²) in [6, 6.07) is 2.33. The molecule has 0 aliphatic heterocycles. The van der Waals surface area contributed by atoms with E-state index in [1.807, 2.05) is 6.92 Å². The number of thioether (sulfide) groups is 2. The second-order valence-corrected chi connectivity index (χ2v) is 11.9. The fraction of sp³-hybridized carbons (Fsp3) is 0.826. The van der Waals surface area contributed by atoms with E-state index >= 15 is 0 Å². The molecule has 1 radical (unpaired) electrons. The van der Waals surface area contributed by atoms with Gasteiger partial charge >= 0.3 is 0 Å². The molecule has 0 saturated heterocycles. The molecule has 0 spiro atoms. The van der Waals surface area contributed by atoms with Crippen molar-refractivity contribution < 1.29 is 9.59 Å². The van der Waals surface area contributed by atoms with E-state index in [9.17, 15) is 14.9 Å². The maximum absolute atomic E-state index is 12.0. The van der Waals surface area contributed by atoms with E-state index in [0.29, 0.717) is 25.7 Å². The third-order valence-corrected chi connectivity index (χ3v) is 7.91. The van der Waals surface area contributed by atoms with Crippen LogP contribution in [-0.4, -0.2) is 39.9 Å². The number of unbranched alkanes of at least 4 members (excludes halogenated alkanes) is 9. The van der Waals surface area contributed by atoms with E-state index in [1.54, 1.807) is 19.0 Å². The van der Waals surface area contributed by atoms with Crippen molar-refractivity contribution in [3.8, 4) is 6.07 Å². The number of thiocarbonyl (C=S) groups is 1. The fourth-order valence-corrected chi connectivity index (χ4v) is 6.02. The van der Waals surface area contributed by atoms with Crippen LogP contribution in [-0.2, 0) is 9.59 Å². The van der Waals surface area contributed by atoms with Gasteiger partial charge in [0.2, 0.25) is 5.91 Å². The first-order valence-electron chi connectivity index (χ1n) is 11.8. The molecule has 8 heteroatoms. The minimum atomic E-state index is -0.676. The van der Waals surface area contributed by atoms with E-state index in [2.05, 4.69) is 18.3 Å². The monoisotopic (exact) mass is 483 g/mol. The van der Waals surface area contributed by atoms with E-state index in [1.165, 1.54) is 69.5 Å². The van der Waals surface area contributed by atoms with Crippen molar-refractivity contribution in [2.45, 2.75) is 108 Å². The SMILES string of the molecule is CCCCCCCCCCCCSC(=S)SC(C)(C#N)CCC(=O)NCCC[B]C=O. The van der Waals surface area contributed by atoms with Gasteiger partial charge in [0.15, 0.2) is 7.28 Å². The van der Waals surface area contributed by atoms with Gasteiger partial charge in [-0.1, -0.05) is 95.0 Å². The van der Waals surface area contributed by atoms with Crippen LogP contribution in [0.1, 0.15) is 97.3 Å². The average molecular weight is 484 g/mol. The number of nitrogens with zero attached hydrogens (tertiary/aromatic N) is 1. The molecule has 0 aromatic rings. The summed E-state index contributed by atoms with van der Waals surface area (Å²) >= 11 is 8.55. The molecule has 0 bridgehead atoms. The van der Waals surface area contributed by atoms with Crippen LogP contribution in [0, 0.1) is 11.3 Å². The first kappa shape index (κ1) is 30.5. The molecule has 0 saturated carbocycles. The Labute approximate surface area is 205 Å². The van der Waals surface area contributed by atoms with Gasteiger partial charge in [-0.05, 0) is 31.9 Å². The number of nitriles is 1. The van der Waals surface area contributed by atoms with Gasteiger partial charge in [0, 0.05) is 13.0 Å². The van der Waals surface area contributed by atoms with Crippen LogP contribution in [0.4, 0.5) is 0 Å². The van der Waals surface area contributed by atoms with Gasteiger partial charge in [-0.3, -0.25) is 4.79 Å². The van der Waals surface area contributed by atoms with Crippen LogP contribution < -0.4 is 5.32 Å². The van der Waals surface area contributed by atoms with E-state index in [4.69, 9.17) is 12.2 Å². The fourth-order valence-electron chi connectivity index (χ4n) is 3.04. The lowest BCUT2D eigenvalue weighted by atomic mass is 9.76. The summed E-state index contributed by atoms with van der Waals surface area (Å²) in [5.74, 6) is 0.944. The summed E-state index contributed by atoms with van der Waals surface area (Å²) in [5, 5.41) is 12.4. The van der Waals surface area contributed by atoms with Crippen LogP contribution in [0.25, 0.3) is 0 Å². The van der Waals surface area contributed by atoms with Crippen LogP contribution in [0.2, 0.25) is 6.32 Å². The highest BCUT2D eigenvalue weighted by atomic mass is 32.2. The number of carbonyl (C=O) groups is 2. The molecule has 0 aliphatic carbocycles. The molecule has 1 unspecified atom stereocenters. The lowest BCUT2D eigenvalue weighted by Gasteiger charge is -2.20. The highest BCUT2D eigenvalue weighted by molar-refractivity contribution is 8.47. The Morgan fingerprint density at radius 1 is 1.10 bits per heavy atom. The van der Waals surface area contributed by atoms with E-state index < -0.39 is 4.75 Å². The zero-order chi connectivity index (χ0) is 23.2. The summed E-state index contributed by atoms with van der Waals surface area (Å²) in [4.78, 5) is 22.2. The molecule has 0 fully saturated rings. The molecule has 0 aliphatic rings. The number of hydrogen-bond acceptors (Lipinski definition) is 6. The molecule has 4 nitrogen and oxygen atoms in total. The molecule has 1 N–H and O–H groups in total. The van der Waals surface area contributed by atoms with Gasteiger partial charge < -0.3 is 10.1 Å². The summed E-state index contributed by atoms with van der Waals surface area (Å²) in [6.45, 7) is 4.66. The van der Waals surface area contributed by atoms with Gasteiger partial charge in [-0.25, -0.2) is 0 Å². The normalized spacial score (nSPS) is 12.5. The predicted octanol–water partition coefficient (Wildman–Crippen LogP) is 6.54. The van der Waals surface area contributed by atoms with Crippen LogP contribution in [0.15, 0.2) is 0 Å². The maximum Gasteiger partial charge on any atom is 0.220 e. The molecule has 0 aromatic heterocycles. The topological polar surface area (TPSA) is 70.0 Å². The Bertz CT molecular complexity index is 543. The average Bonchev–Trinajstić information content (AvgIpc) is 2.76. The third kappa shape index (κ3) is 19.9. The summed E-state index contributed by atoms with van der Waals surface area (Å²) in [5.41, 5.74) is 0. The number of amides is 1. The van der Waals surface area contributed by atoms with Gasteiger partial charge in [0.05, 0.1) is 12.3 Å². The minimum Gasteiger partial charge on any atom is -0.356 e.